The van der Waals surface area contributed by atoms with Gasteiger partial charge in [0.25, 0.3) is 0 Å². The standard InChI is InChI=1S/C25H31ClN2O3/c1-18(25(30)27-22-9-4-3-5-10-22)28(17-19-11-13-23(31-2)14-12-19)24(29)16-20-7-6-8-21(26)15-20/h6-8,11-15,18,22H,3-5,9-10,16-17H2,1-2H3,(H,27,30)/t18-/m1/s1. The highest BCUT2D eigenvalue weighted by atomic mass is 35.5. The van der Waals surface area contributed by atoms with E-state index in [0.717, 1.165) is 42.6 Å². The zero-order valence-electron chi connectivity index (χ0n) is 18.3. The zero-order valence-corrected chi connectivity index (χ0v) is 19.0. The van der Waals surface area contributed by atoms with Gasteiger partial charge in [0.2, 0.25) is 11.8 Å². The highest BCUT2D eigenvalue weighted by molar-refractivity contribution is 6.30. The number of methoxy groups -OCH3 is 1. The van der Waals surface area contributed by atoms with Crippen LogP contribution in [-0.2, 0) is 22.6 Å². The van der Waals surface area contributed by atoms with Crippen LogP contribution in [0.15, 0.2) is 48.5 Å². The van der Waals surface area contributed by atoms with Gasteiger partial charge < -0.3 is 15.0 Å². The molecule has 1 N–H and O–H groups in total. The third kappa shape index (κ3) is 6.73. The van der Waals surface area contributed by atoms with Gasteiger partial charge in [0, 0.05) is 17.6 Å². The second kappa shape index (κ2) is 11.2. The Bertz CT molecular complexity index is 879. The van der Waals surface area contributed by atoms with Crippen LogP contribution in [0.25, 0.3) is 0 Å². The molecular formula is C25H31ClN2O3. The molecule has 0 bridgehead atoms. The van der Waals surface area contributed by atoms with Crippen LogP contribution in [-0.4, -0.2) is 35.9 Å². The first-order chi connectivity index (χ1) is 15.0. The molecule has 0 unspecified atom stereocenters. The number of nitrogens with zero attached hydrogens (tertiary/aromatic N) is 1. The Balaban J connectivity index is 1.75. The van der Waals surface area contributed by atoms with Crippen LogP contribution in [0.5, 0.6) is 5.75 Å². The molecule has 2 amide bonds. The summed E-state index contributed by atoms with van der Waals surface area (Å²) in [6, 6.07) is 14.5. The lowest BCUT2D eigenvalue weighted by atomic mass is 9.95. The van der Waals surface area contributed by atoms with Gasteiger partial charge in [0.1, 0.15) is 11.8 Å². The molecule has 1 aliphatic rings. The number of hydrogen-bond acceptors (Lipinski definition) is 3. The lowest BCUT2D eigenvalue weighted by molar-refractivity contribution is -0.140. The minimum absolute atomic E-state index is 0.0974. The summed E-state index contributed by atoms with van der Waals surface area (Å²) in [6.07, 6.45) is 5.72. The average molecular weight is 443 g/mol. The summed E-state index contributed by atoms with van der Waals surface area (Å²) in [5.74, 6) is 0.549. The van der Waals surface area contributed by atoms with Crippen LogP contribution < -0.4 is 10.1 Å². The lowest BCUT2D eigenvalue weighted by Gasteiger charge is -2.31. The quantitative estimate of drug-likeness (QED) is 0.641. The number of hydrogen-bond donors (Lipinski definition) is 1. The van der Waals surface area contributed by atoms with E-state index in [1.165, 1.54) is 6.42 Å². The Hall–Kier alpha value is -2.53. The molecule has 31 heavy (non-hydrogen) atoms. The number of rotatable bonds is 8. The summed E-state index contributed by atoms with van der Waals surface area (Å²) in [6.45, 7) is 2.15. The first-order valence-electron chi connectivity index (χ1n) is 10.9. The molecule has 0 heterocycles. The van der Waals surface area contributed by atoms with Gasteiger partial charge in [-0.25, -0.2) is 0 Å². The van der Waals surface area contributed by atoms with Crippen molar-refractivity contribution in [2.45, 2.75) is 64.1 Å². The predicted molar refractivity (Wildman–Crippen MR) is 123 cm³/mol. The minimum atomic E-state index is -0.573. The van der Waals surface area contributed by atoms with Gasteiger partial charge in [-0.15, -0.1) is 0 Å². The van der Waals surface area contributed by atoms with Crippen LogP contribution in [0.2, 0.25) is 5.02 Å². The van der Waals surface area contributed by atoms with Gasteiger partial charge >= 0.3 is 0 Å². The average Bonchev–Trinajstić information content (AvgIpc) is 2.78. The molecule has 1 fully saturated rings. The molecule has 1 aliphatic carbocycles. The van der Waals surface area contributed by atoms with E-state index < -0.39 is 6.04 Å². The molecule has 5 nitrogen and oxygen atoms in total. The molecule has 1 saturated carbocycles. The van der Waals surface area contributed by atoms with Crippen molar-refractivity contribution in [2.75, 3.05) is 7.11 Å². The summed E-state index contributed by atoms with van der Waals surface area (Å²) in [5, 5.41) is 3.75. The van der Waals surface area contributed by atoms with E-state index in [9.17, 15) is 9.59 Å². The van der Waals surface area contributed by atoms with Gasteiger partial charge in [0.05, 0.1) is 13.5 Å². The van der Waals surface area contributed by atoms with Gasteiger partial charge in [-0.1, -0.05) is 55.1 Å². The molecule has 6 heteroatoms. The topological polar surface area (TPSA) is 58.6 Å². The molecule has 0 saturated heterocycles. The molecule has 1 atom stereocenters. The first kappa shape index (κ1) is 23.1. The molecule has 2 aromatic rings. The maximum atomic E-state index is 13.3. The van der Waals surface area contributed by atoms with Crippen LogP contribution >= 0.6 is 11.6 Å². The smallest absolute Gasteiger partial charge is 0.242 e. The van der Waals surface area contributed by atoms with Crippen molar-refractivity contribution in [3.05, 3.63) is 64.7 Å². The third-order valence-electron chi connectivity index (χ3n) is 5.88. The number of amides is 2. The van der Waals surface area contributed by atoms with Crippen LogP contribution in [0.4, 0.5) is 0 Å². The number of ether oxygens (including phenoxy) is 1. The lowest BCUT2D eigenvalue weighted by Crippen LogP contribution is -2.50. The number of carbonyl (C=O) groups excluding carboxylic acids is 2. The number of benzene rings is 2. The van der Waals surface area contributed by atoms with E-state index in [2.05, 4.69) is 5.32 Å². The van der Waals surface area contributed by atoms with Gasteiger partial charge in [0.15, 0.2) is 0 Å². The minimum Gasteiger partial charge on any atom is -0.497 e. The summed E-state index contributed by atoms with van der Waals surface area (Å²) in [5.41, 5.74) is 1.77. The first-order valence-corrected chi connectivity index (χ1v) is 11.3. The van der Waals surface area contributed by atoms with Gasteiger partial charge in [-0.2, -0.15) is 0 Å². The predicted octanol–water partition coefficient (Wildman–Crippen LogP) is 4.76. The third-order valence-corrected chi connectivity index (χ3v) is 6.11. The molecular weight excluding hydrogens is 412 g/mol. The van der Waals surface area contributed by atoms with E-state index in [1.807, 2.05) is 36.4 Å². The van der Waals surface area contributed by atoms with E-state index in [4.69, 9.17) is 16.3 Å². The van der Waals surface area contributed by atoms with Gasteiger partial charge in [-0.3, -0.25) is 9.59 Å². The van der Waals surface area contributed by atoms with E-state index >= 15 is 0 Å². The summed E-state index contributed by atoms with van der Waals surface area (Å²) in [7, 11) is 1.62. The van der Waals surface area contributed by atoms with E-state index in [0.29, 0.717) is 11.6 Å². The molecule has 0 aromatic heterocycles. The Labute approximate surface area is 189 Å². The van der Waals surface area contributed by atoms with Crippen molar-refractivity contribution in [3.8, 4) is 5.75 Å². The molecule has 166 valence electrons. The van der Waals surface area contributed by atoms with Crippen LogP contribution in [0, 0.1) is 0 Å². The number of nitrogens with one attached hydrogen (secondary N) is 1. The summed E-state index contributed by atoms with van der Waals surface area (Å²) in [4.78, 5) is 27.9. The van der Waals surface area contributed by atoms with E-state index in [-0.39, 0.29) is 24.3 Å². The fourth-order valence-electron chi connectivity index (χ4n) is 4.00. The Morgan fingerprint density at radius 2 is 1.81 bits per heavy atom. The van der Waals surface area contributed by atoms with Crippen molar-refractivity contribution in [2.24, 2.45) is 0 Å². The van der Waals surface area contributed by atoms with Crippen molar-refractivity contribution in [1.29, 1.82) is 0 Å². The van der Waals surface area contributed by atoms with Gasteiger partial charge in [-0.05, 0) is 55.2 Å². The molecule has 2 aromatic carbocycles. The van der Waals surface area contributed by atoms with E-state index in [1.54, 1.807) is 31.1 Å². The largest absolute Gasteiger partial charge is 0.497 e. The van der Waals surface area contributed by atoms with Crippen molar-refractivity contribution in [1.82, 2.24) is 10.2 Å². The second-order valence-electron chi connectivity index (χ2n) is 8.20. The maximum absolute atomic E-state index is 13.3. The normalized spacial score (nSPS) is 15.2. The fraction of sp³-hybridized carbons (Fsp3) is 0.440. The molecule has 0 spiro atoms. The monoisotopic (exact) mass is 442 g/mol. The number of halogens is 1. The molecule has 0 aliphatic heterocycles. The maximum Gasteiger partial charge on any atom is 0.242 e. The van der Waals surface area contributed by atoms with Crippen molar-refractivity contribution < 1.29 is 14.3 Å². The Morgan fingerprint density at radius 3 is 2.45 bits per heavy atom. The summed E-state index contributed by atoms with van der Waals surface area (Å²) < 4.78 is 5.22. The zero-order chi connectivity index (χ0) is 22.2. The molecule has 3 rings (SSSR count). The Kier molecular flexibility index (Phi) is 8.35. The summed E-state index contributed by atoms with van der Waals surface area (Å²) >= 11 is 6.09. The van der Waals surface area contributed by atoms with Crippen molar-refractivity contribution in [3.63, 3.8) is 0 Å². The molecule has 0 radical (unpaired) electrons. The second-order valence-corrected chi connectivity index (χ2v) is 8.63. The highest BCUT2D eigenvalue weighted by Crippen LogP contribution is 2.20. The van der Waals surface area contributed by atoms with Crippen LogP contribution in [0.3, 0.4) is 0 Å². The van der Waals surface area contributed by atoms with Crippen LogP contribution in [0.1, 0.15) is 50.2 Å². The Morgan fingerprint density at radius 1 is 1.10 bits per heavy atom. The number of carbonyl (C=O) groups is 2. The highest BCUT2D eigenvalue weighted by Gasteiger charge is 2.28. The van der Waals surface area contributed by atoms with Crippen molar-refractivity contribution >= 4 is 23.4 Å². The fourth-order valence-corrected chi connectivity index (χ4v) is 4.21. The SMILES string of the molecule is COc1ccc(CN(C(=O)Cc2cccc(Cl)c2)[C@H](C)C(=O)NC2CCCCC2)cc1.